The molecule has 0 radical (unpaired) electrons. The number of carbonyl (C=O) groups excluding carboxylic acids is 1. The predicted molar refractivity (Wildman–Crippen MR) is 50.8 cm³/mol. The summed E-state index contributed by atoms with van der Waals surface area (Å²) in [6.07, 6.45) is 2.78. The lowest BCUT2D eigenvalue weighted by Crippen LogP contribution is -2.12. The van der Waals surface area contributed by atoms with Gasteiger partial charge in [-0.15, -0.1) is 0 Å². The Morgan fingerprint density at radius 2 is 1.54 bits per heavy atom. The van der Waals surface area contributed by atoms with Crippen LogP contribution in [0.25, 0.3) is 0 Å². The van der Waals surface area contributed by atoms with Gasteiger partial charge in [-0.3, -0.25) is 4.79 Å². The Balaban J connectivity index is 2.14. The first-order valence-corrected chi connectivity index (χ1v) is 4.95. The summed E-state index contributed by atoms with van der Waals surface area (Å²) in [5.74, 6) is 1.54. The van der Waals surface area contributed by atoms with Crippen molar-refractivity contribution in [1.82, 2.24) is 0 Å². The van der Waals surface area contributed by atoms with Crippen molar-refractivity contribution in [2.45, 2.75) is 31.1 Å². The molecule has 2 aliphatic carbocycles. The molecule has 0 heterocycles. The highest BCUT2D eigenvalue weighted by molar-refractivity contribution is 5.82. The summed E-state index contributed by atoms with van der Waals surface area (Å²) in [6.45, 7) is 0. The summed E-state index contributed by atoms with van der Waals surface area (Å²) in [5, 5.41) is 0. The minimum absolute atomic E-state index is 0.456. The Bertz CT molecular complexity index is 334. The van der Waals surface area contributed by atoms with Crippen LogP contribution in [-0.4, -0.2) is 5.78 Å². The molecule has 1 heteroatoms. The summed E-state index contributed by atoms with van der Waals surface area (Å²) in [4.78, 5) is 11.4. The maximum Gasteiger partial charge on any atom is 0.134 e. The highest BCUT2D eigenvalue weighted by Crippen LogP contribution is 2.48. The molecular weight excluding hydrogens is 161 g/mol. The van der Waals surface area contributed by atoms with Crippen LogP contribution in [0.15, 0.2) is 24.3 Å². The molecule has 2 atom stereocenters. The molecule has 0 amide bonds. The monoisotopic (exact) mass is 173 g/mol. The zero-order valence-electron chi connectivity index (χ0n) is 7.49. The SMILES string of the molecule is O=C1CC2CC([13CH2]1)c1ccccc12. The van der Waals surface area contributed by atoms with Crippen LogP contribution in [0.1, 0.15) is 42.2 Å². The normalized spacial score (nSPS) is 30.3. The zero-order chi connectivity index (χ0) is 8.84. The van der Waals surface area contributed by atoms with Crippen LogP contribution < -0.4 is 0 Å². The van der Waals surface area contributed by atoms with E-state index in [1.165, 1.54) is 17.5 Å². The van der Waals surface area contributed by atoms with Crippen LogP contribution in [0.4, 0.5) is 0 Å². The summed E-state index contributed by atoms with van der Waals surface area (Å²) in [6, 6.07) is 8.56. The van der Waals surface area contributed by atoms with Crippen LogP contribution in [-0.2, 0) is 4.79 Å². The van der Waals surface area contributed by atoms with Gasteiger partial charge in [-0.2, -0.15) is 0 Å². The third kappa shape index (κ3) is 0.963. The topological polar surface area (TPSA) is 17.1 Å². The standard InChI is InChI=1S/C12H12O/c13-10-6-8-5-9(7-10)12-4-2-1-3-11(8)12/h1-4,8-9H,5-7H2/i6+1. The van der Waals surface area contributed by atoms with Crippen LogP contribution in [0.5, 0.6) is 0 Å². The van der Waals surface area contributed by atoms with E-state index in [9.17, 15) is 4.79 Å². The summed E-state index contributed by atoms with van der Waals surface area (Å²) in [5.41, 5.74) is 2.89. The maximum absolute atomic E-state index is 11.4. The van der Waals surface area contributed by atoms with E-state index < -0.39 is 0 Å². The molecule has 1 saturated carbocycles. The molecular formula is C12H12O. The van der Waals surface area contributed by atoms with Crippen LogP contribution in [0.2, 0.25) is 0 Å². The fraction of sp³-hybridized carbons (Fsp3) is 0.417. The van der Waals surface area contributed by atoms with Crippen LogP contribution in [0.3, 0.4) is 0 Å². The fourth-order valence-corrected chi connectivity index (χ4v) is 2.87. The van der Waals surface area contributed by atoms with Crippen LogP contribution >= 0.6 is 0 Å². The lowest BCUT2D eigenvalue weighted by Gasteiger charge is -2.17. The van der Waals surface area contributed by atoms with Gasteiger partial charge in [-0.25, -0.2) is 0 Å². The Morgan fingerprint density at radius 1 is 1.00 bits per heavy atom. The van der Waals surface area contributed by atoms with Gasteiger partial charge in [0.25, 0.3) is 0 Å². The van der Waals surface area contributed by atoms with E-state index in [0.717, 1.165) is 12.8 Å². The summed E-state index contributed by atoms with van der Waals surface area (Å²) < 4.78 is 0. The quantitative estimate of drug-likeness (QED) is 0.551. The van der Waals surface area contributed by atoms with Crippen molar-refractivity contribution in [3.63, 3.8) is 0 Å². The lowest BCUT2D eigenvalue weighted by molar-refractivity contribution is -0.120. The highest BCUT2D eigenvalue weighted by Gasteiger charge is 2.37. The van der Waals surface area contributed by atoms with Gasteiger partial charge < -0.3 is 0 Å². The van der Waals surface area contributed by atoms with Crippen molar-refractivity contribution >= 4 is 5.78 Å². The molecule has 0 aromatic heterocycles. The van der Waals surface area contributed by atoms with Crippen molar-refractivity contribution < 1.29 is 4.79 Å². The number of rotatable bonds is 0. The minimum atomic E-state index is 0.456. The van der Waals surface area contributed by atoms with Gasteiger partial charge in [0.15, 0.2) is 0 Å². The number of hydrogen-bond acceptors (Lipinski definition) is 1. The van der Waals surface area contributed by atoms with Crippen molar-refractivity contribution in [3.8, 4) is 0 Å². The van der Waals surface area contributed by atoms with Crippen molar-refractivity contribution in [3.05, 3.63) is 35.4 Å². The summed E-state index contributed by atoms with van der Waals surface area (Å²) >= 11 is 0. The number of carbonyl (C=O) groups is 1. The first-order chi connectivity index (χ1) is 6.34. The zero-order valence-corrected chi connectivity index (χ0v) is 7.49. The minimum Gasteiger partial charge on any atom is -0.300 e. The van der Waals surface area contributed by atoms with Crippen molar-refractivity contribution in [2.24, 2.45) is 0 Å². The predicted octanol–water partition coefficient (Wildman–Crippen LogP) is 2.62. The van der Waals surface area contributed by atoms with Gasteiger partial charge in [0.2, 0.25) is 0 Å². The number of fused-ring (bicyclic) bond motifs is 5. The third-order valence-corrected chi connectivity index (χ3v) is 3.39. The number of Topliss-reactive ketones (excluding diaryl/α,β-unsaturated/α-hetero) is 1. The number of benzene rings is 1. The number of hydrogen-bond donors (Lipinski definition) is 0. The van der Waals surface area contributed by atoms with Crippen LogP contribution in [0, 0.1) is 0 Å². The average molecular weight is 173 g/mol. The smallest absolute Gasteiger partial charge is 0.134 e. The average Bonchev–Trinajstić information content (AvgIpc) is 2.41. The van der Waals surface area contributed by atoms with E-state index in [-0.39, 0.29) is 0 Å². The van der Waals surface area contributed by atoms with Gasteiger partial charge in [-0.1, -0.05) is 24.3 Å². The first-order valence-electron chi connectivity index (χ1n) is 4.95. The highest BCUT2D eigenvalue weighted by atomic mass is 16.1. The van der Waals surface area contributed by atoms with Crippen molar-refractivity contribution in [2.75, 3.05) is 0 Å². The molecule has 13 heavy (non-hydrogen) atoms. The lowest BCUT2D eigenvalue weighted by atomic mass is 9.94. The van der Waals surface area contributed by atoms with E-state index >= 15 is 0 Å². The van der Waals surface area contributed by atoms with Gasteiger partial charge in [0.05, 0.1) is 0 Å². The molecule has 1 fully saturated rings. The molecule has 3 rings (SSSR count). The van der Waals surface area contributed by atoms with Gasteiger partial charge in [-0.05, 0) is 29.4 Å². The molecule has 0 saturated heterocycles. The molecule has 2 bridgehead atoms. The van der Waals surface area contributed by atoms with E-state index in [1.54, 1.807) is 0 Å². The number of ketones is 1. The molecule has 0 spiro atoms. The fourth-order valence-electron chi connectivity index (χ4n) is 2.87. The molecule has 66 valence electrons. The van der Waals surface area contributed by atoms with Crippen molar-refractivity contribution in [1.29, 1.82) is 0 Å². The van der Waals surface area contributed by atoms with Gasteiger partial charge >= 0.3 is 0 Å². The second-order valence-corrected chi connectivity index (χ2v) is 4.21. The van der Waals surface area contributed by atoms with E-state index in [1.807, 2.05) is 0 Å². The molecule has 0 N–H and O–H groups in total. The molecule has 2 unspecified atom stereocenters. The van der Waals surface area contributed by atoms with E-state index in [2.05, 4.69) is 24.3 Å². The van der Waals surface area contributed by atoms with E-state index in [4.69, 9.17) is 0 Å². The first kappa shape index (κ1) is 7.31. The molecule has 2 aliphatic rings. The third-order valence-electron chi connectivity index (χ3n) is 3.39. The Morgan fingerprint density at radius 3 is 2.08 bits per heavy atom. The largest absolute Gasteiger partial charge is 0.300 e. The molecule has 0 aliphatic heterocycles. The van der Waals surface area contributed by atoms with Gasteiger partial charge in [0, 0.05) is 12.8 Å². The molecule has 1 nitrogen and oxygen atoms in total. The Labute approximate surface area is 77.8 Å². The van der Waals surface area contributed by atoms with E-state index in [0.29, 0.717) is 17.6 Å². The maximum atomic E-state index is 11.4. The Hall–Kier alpha value is -1.11. The van der Waals surface area contributed by atoms with Gasteiger partial charge in [0.1, 0.15) is 5.78 Å². The summed E-state index contributed by atoms with van der Waals surface area (Å²) in [7, 11) is 0. The second kappa shape index (κ2) is 2.44. The molecule has 1 aromatic rings. The Kier molecular flexibility index (Phi) is 1.37. The second-order valence-electron chi connectivity index (χ2n) is 4.21. The molecule has 1 aromatic carbocycles.